The molecule has 15 heavy (non-hydrogen) atoms. The fraction of sp³-hybridized carbons (Fsp3) is 0.917. The highest BCUT2D eigenvalue weighted by Gasteiger charge is 2.39. The maximum atomic E-state index is 11.7. The Morgan fingerprint density at radius 3 is 2.47 bits per heavy atom. The van der Waals surface area contributed by atoms with E-state index in [1.807, 2.05) is 13.8 Å². The van der Waals surface area contributed by atoms with Gasteiger partial charge < -0.3 is 11.1 Å². The molecule has 2 atom stereocenters. The summed E-state index contributed by atoms with van der Waals surface area (Å²) < 4.78 is 0. The molecular formula is C12H24N2O. The zero-order chi connectivity index (χ0) is 11.5. The highest BCUT2D eigenvalue weighted by atomic mass is 16.2. The largest absolute Gasteiger partial charge is 0.351 e. The first-order valence-electron chi connectivity index (χ1n) is 6.00. The van der Waals surface area contributed by atoms with E-state index < -0.39 is 0 Å². The second-order valence-electron chi connectivity index (χ2n) is 5.36. The van der Waals surface area contributed by atoms with Gasteiger partial charge in [-0.1, -0.05) is 13.3 Å². The van der Waals surface area contributed by atoms with Crippen LogP contribution in [0.5, 0.6) is 0 Å². The Kier molecular flexibility index (Phi) is 4.14. The van der Waals surface area contributed by atoms with E-state index in [9.17, 15) is 4.79 Å². The fourth-order valence-electron chi connectivity index (χ4n) is 1.61. The Labute approximate surface area is 92.8 Å². The molecule has 0 spiro atoms. The van der Waals surface area contributed by atoms with Crippen LogP contribution in [0.4, 0.5) is 0 Å². The summed E-state index contributed by atoms with van der Waals surface area (Å²) in [4.78, 5) is 11.7. The first-order valence-corrected chi connectivity index (χ1v) is 6.00. The molecule has 1 aliphatic carbocycles. The van der Waals surface area contributed by atoms with Crippen LogP contribution >= 0.6 is 0 Å². The minimum atomic E-state index is 0.118. The Hall–Kier alpha value is -0.570. The first kappa shape index (κ1) is 12.5. The average Bonchev–Trinajstić information content (AvgIpc) is 2.82. The van der Waals surface area contributed by atoms with Gasteiger partial charge in [-0.25, -0.2) is 0 Å². The van der Waals surface area contributed by atoms with Gasteiger partial charge in [-0.2, -0.15) is 0 Å². The molecule has 3 nitrogen and oxygen atoms in total. The maximum Gasteiger partial charge on any atom is 0.223 e. The molecule has 0 radical (unpaired) electrons. The lowest BCUT2D eigenvalue weighted by Crippen LogP contribution is -2.37. The summed E-state index contributed by atoms with van der Waals surface area (Å²) in [5.74, 6) is 0.334. The summed E-state index contributed by atoms with van der Waals surface area (Å²) in [6.45, 7) is 6.12. The van der Waals surface area contributed by atoms with E-state index in [1.54, 1.807) is 0 Å². The number of carbonyl (C=O) groups is 1. The van der Waals surface area contributed by atoms with E-state index >= 15 is 0 Å². The Morgan fingerprint density at radius 2 is 2.00 bits per heavy atom. The molecule has 0 aromatic heterocycles. The van der Waals surface area contributed by atoms with Crippen LogP contribution in [-0.2, 0) is 4.79 Å². The standard InChI is InChI=1S/C12H24N2O/c1-9(5-4-6-10(2)13)11(15)14-12(3)7-8-12/h9-10H,4-8,13H2,1-3H3,(H,14,15). The van der Waals surface area contributed by atoms with Crippen LogP contribution in [0.1, 0.15) is 52.9 Å². The molecule has 0 aromatic rings. The molecule has 0 bridgehead atoms. The van der Waals surface area contributed by atoms with Crippen molar-refractivity contribution in [1.82, 2.24) is 5.32 Å². The number of carbonyl (C=O) groups excluding carboxylic acids is 1. The quantitative estimate of drug-likeness (QED) is 0.705. The molecule has 1 rings (SSSR count). The number of rotatable bonds is 6. The normalized spacial score (nSPS) is 21.9. The van der Waals surface area contributed by atoms with E-state index in [1.165, 1.54) is 0 Å². The molecule has 0 aliphatic heterocycles. The molecule has 3 heteroatoms. The molecule has 1 fully saturated rings. The van der Waals surface area contributed by atoms with Crippen molar-refractivity contribution in [2.45, 2.75) is 64.5 Å². The van der Waals surface area contributed by atoms with Gasteiger partial charge in [0.25, 0.3) is 0 Å². The van der Waals surface area contributed by atoms with E-state index in [0.29, 0.717) is 0 Å². The van der Waals surface area contributed by atoms with E-state index in [2.05, 4.69) is 12.2 Å². The van der Waals surface area contributed by atoms with Gasteiger partial charge in [0.15, 0.2) is 0 Å². The van der Waals surface area contributed by atoms with Crippen LogP contribution in [0.2, 0.25) is 0 Å². The van der Waals surface area contributed by atoms with Gasteiger partial charge >= 0.3 is 0 Å². The SMILES string of the molecule is CC(N)CCCC(C)C(=O)NC1(C)CC1. The lowest BCUT2D eigenvalue weighted by Gasteiger charge is -2.16. The van der Waals surface area contributed by atoms with Crippen LogP contribution in [-0.4, -0.2) is 17.5 Å². The molecule has 1 saturated carbocycles. The zero-order valence-corrected chi connectivity index (χ0v) is 10.2. The molecule has 0 heterocycles. The van der Waals surface area contributed by atoms with Gasteiger partial charge in [-0.05, 0) is 39.5 Å². The monoisotopic (exact) mass is 212 g/mol. The number of nitrogens with one attached hydrogen (secondary N) is 1. The smallest absolute Gasteiger partial charge is 0.223 e. The van der Waals surface area contributed by atoms with Crippen molar-refractivity contribution >= 4 is 5.91 Å². The third-order valence-electron chi connectivity index (χ3n) is 3.17. The molecule has 1 amide bonds. The number of hydrogen-bond acceptors (Lipinski definition) is 2. The highest BCUT2D eigenvalue weighted by Crippen LogP contribution is 2.34. The summed E-state index contributed by atoms with van der Waals surface area (Å²) in [5, 5.41) is 3.10. The summed E-state index contributed by atoms with van der Waals surface area (Å²) in [7, 11) is 0. The predicted octanol–water partition coefficient (Wildman–Crippen LogP) is 1.81. The van der Waals surface area contributed by atoms with Gasteiger partial charge in [-0.3, -0.25) is 4.79 Å². The molecule has 0 aromatic carbocycles. The predicted molar refractivity (Wildman–Crippen MR) is 62.4 cm³/mol. The van der Waals surface area contributed by atoms with E-state index in [4.69, 9.17) is 5.73 Å². The van der Waals surface area contributed by atoms with Crippen LogP contribution in [0.15, 0.2) is 0 Å². The van der Waals surface area contributed by atoms with E-state index in [0.717, 1.165) is 32.1 Å². The zero-order valence-electron chi connectivity index (χ0n) is 10.2. The summed E-state index contributed by atoms with van der Waals surface area (Å²) in [6, 6.07) is 0.251. The lowest BCUT2D eigenvalue weighted by molar-refractivity contribution is -0.125. The van der Waals surface area contributed by atoms with Crippen molar-refractivity contribution in [3.63, 3.8) is 0 Å². The number of hydrogen-bond donors (Lipinski definition) is 2. The van der Waals surface area contributed by atoms with Crippen molar-refractivity contribution in [3.05, 3.63) is 0 Å². The van der Waals surface area contributed by atoms with Gasteiger partial charge in [0, 0.05) is 17.5 Å². The van der Waals surface area contributed by atoms with Crippen molar-refractivity contribution in [2.75, 3.05) is 0 Å². The van der Waals surface area contributed by atoms with Crippen LogP contribution in [0.25, 0.3) is 0 Å². The van der Waals surface area contributed by atoms with Crippen molar-refractivity contribution in [2.24, 2.45) is 11.7 Å². The van der Waals surface area contributed by atoms with Crippen molar-refractivity contribution in [3.8, 4) is 0 Å². The van der Waals surface area contributed by atoms with E-state index in [-0.39, 0.29) is 23.4 Å². The summed E-state index contributed by atoms with van der Waals surface area (Å²) in [5.41, 5.74) is 5.78. The molecule has 88 valence electrons. The molecule has 1 aliphatic rings. The van der Waals surface area contributed by atoms with Gasteiger partial charge in [0.2, 0.25) is 5.91 Å². The second kappa shape index (κ2) is 4.97. The first-order chi connectivity index (χ1) is 6.93. The Bertz CT molecular complexity index is 222. The summed E-state index contributed by atoms with van der Waals surface area (Å²) in [6.07, 6.45) is 5.26. The average molecular weight is 212 g/mol. The van der Waals surface area contributed by atoms with Crippen LogP contribution in [0, 0.1) is 5.92 Å². The van der Waals surface area contributed by atoms with Gasteiger partial charge in [0.1, 0.15) is 0 Å². The number of amides is 1. The Morgan fingerprint density at radius 1 is 1.40 bits per heavy atom. The molecule has 3 N–H and O–H groups in total. The lowest BCUT2D eigenvalue weighted by atomic mass is 10.0. The van der Waals surface area contributed by atoms with Crippen LogP contribution < -0.4 is 11.1 Å². The fourth-order valence-corrected chi connectivity index (χ4v) is 1.61. The third kappa shape index (κ3) is 4.65. The summed E-state index contributed by atoms with van der Waals surface area (Å²) >= 11 is 0. The minimum Gasteiger partial charge on any atom is -0.351 e. The third-order valence-corrected chi connectivity index (χ3v) is 3.17. The molecular weight excluding hydrogens is 188 g/mol. The minimum absolute atomic E-state index is 0.118. The molecule has 2 unspecified atom stereocenters. The highest BCUT2D eigenvalue weighted by molar-refractivity contribution is 5.79. The van der Waals surface area contributed by atoms with Crippen LogP contribution in [0.3, 0.4) is 0 Å². The van der Waals surface area contributed by atoms with Gasteiger partial charge in [-0.15, -0.1) is 0 Å². The van der Waals surface area contributed by atoms with Crippen molar-refractivity contribution in [1.29, 1.82) is 0 Å². The number of nitrogens with two attached hydrogens (primary N) is 1. The molecule has 0 saturated heterocycles. The maximum absolute atomic E-state index is 11.7. The van der Waals surface area contributed by atoms with Gasteiger partial charge in [0.05, 0.1) is 0 Å². The Balaban J connectivity index is 2.15. The van der Waals surface area contributed by atoms with Crippen molar-refractivity contribution < 1.29 is 4.79 Å². The second-order valence-corrected chi connectivity index (χ2v) is 5.36. The topological polar surface area (TPSA) is 55.1 Å².